The summed E-state index contributed by atoms with van der Waals surface area (Å²) in [5.74, 6) is 2.10. The van der Waals surface area contributed by atoms with Crippen LogP contribution in [0.15, 0.2) is 10.6 Å². The Balaban J connectivity index is 1.45. The summed E-state index contributed by atoms with van der Waals surface area (Å²) in [5.41, 5.74) is 2.23. The van der Waals surface area contributed by atoms with E-state index in [0.717, 1.165) is 61.6 Å². The molecule has 2 aromatic rings. The van der Waals surface area contributed by atoms with Crippen LogP contribution in [0, 0.1) is 6.92 Å². The molecule has 0 bridgehead atoms. The standard InChI is InChI=1S/C18H23N5O3/c1-12-10-16(23-6-8-25-9-7-23)21-15(20-12)11-19-18(24)17-13-4-2-3-5-14(13)26-22-17/h10H,2-9,11H2,1H3,(H,19,24). The molecule has 0 spiro atoms. The first-order valence-corrected chi connectivity index (χ1v) is 9.13. The Morgan fingerprint density at radius 3 is 2.88 bits per heavy atom. The van der Waals surface area contributed by atoms with Crippen LogP contribution in [0.4, 0.5) is 5.82 Å². The summed E-state index contributed by atoms with van der Waals surface area (Å²) in [6, 6.07) is 1.96. The summed E-state index contributed by atoms with van der Waals surface area (Å²) < 4.78 is 10.7. The van der Waals surface area contributed by atoms with Gasteiger partial charge in [0.2, 0.25) is 0 Å². The van der Waals surface area contributed by atoms with Crippen LogP contribution < -0.4 is 10.2 Å². The van der Waals surface area contributed by atoms with E-state index in [4.69, 9.17) is 9.26 Å². The smallest absolute Gasteiger partial charge is 0.274 e. The molecule has 0 radical (unpaired) electrons. The van der Waals surface area contributed by atoms with Crippen molar-refractivity contribution >= 4 is 11.7 Å². The number of carbonyl (C=O) groups excluding carboxylic acids is 1. The minimum Gasteiger partial charge on any atom is -0.378 e. The molecular formula is C18H23N5O3. The van der Waals surface area contributed by atoms with Crippen molar-refractivity contribution in [1.29, 1.82) is 0 Å². The second-order valence-corrected chi connectivity index (χ2v) is 6.71. The molecule has 0 aromatic carbocycles. The van der Waals surface area contributed by atoms with Crippen molar-refractivity contribution in [2.75, 3.05) is 31.2 Å². The van der Waals surface area contributed by atoms with Gasteiger partial charge in [-0.15, -0.1) is 0 Å². The van der Waals surface area contributed by atoms with Crippen LogP contribution in [0.2, 0.25) is 0 Å². The van der Waals surface area contributed by atoms with Crippen LogP contribution in [0.3, 0.4) is 0 Å². The largest absolute Gasteiger partial charge is 0.378 e. The Hall–Kier alpha value is -2.48. The lowest BCUT2D eigenvalue weighted by molar-refractivity contribution is 0.0940. The number of hydrogen-bond acceptors (Lipinski definition) is 7. The van der Waals surface area contributed by atoms with E-state index >= 15 is 0 Å². The lowest BCUT2D eigenvalue weighted by Crippen LogP contribution is -2.37. The summed E-state index contributed by atoms with van der Waals surface area (Å²) in [5, 5.41) is 6.85. The number of anilines is 1. The molecule has 1 aliphatic heterocycles. The van der Waals surface area contributed by atoms with E-state index in [1.54, 1.807) is 0 Å². The number of ether oxygens (including phenoxy) is 1. The molecule has 2 aliphatic rings. The molecule has 1 aliphatic carbocycles. The Morgan fingerprint density at radius 1 is 1.23 bits per heavy atom. The monoisotopic (exact) mass is 357 g/mol. The van der Waals surface area contributed by atoms with Crippen LogP contribution in [-0.2, 0) is 24.1 Å². The van der Waals surface area contributed by atoms with Gasteiger partial charge in [-0.25, -0.2) is 9.97 Å². The second-order valence-electron chi connectivity index (χ2n) is 6.71. The molecule has 1 saturated heterocycles. The number of rotatable bonds is 4. The molecule has 8 heteroatoms. The summed E-state index contributed by atoms with van der Waals surface area (Å²) >= 11 is 0. The Bertz CT molecular complexity index is 798. The molecule has 0 atom stereocenters. The average Bonchev–Trinajstić information content (AvgIpc) is 3.11. The lowest BCUT2D eigenvalue weighted by Gasteiger charge is -2.28. The molecule has 0 saturated carbocycles. The third-order valence-corrected chi connectivity index (χ3v) is 4.79. The highest BCUT2D eigenvalue weighted by molar-refractivity contribution is 5.93. The van der Waals surface area contributed by atoms with Gasteiger partial charge in [0.1, 0.15) is 17.4 Å². The number of aromatic nitrogens is 3. The highest BCUT2D eigenvalue weighted by Gasteiger charge is 2.24. The van der Waals surface area contributed by atoms with Crippen molar-refractivity contribution in [3.8, 4) is 0 Å². The van der Waals surface area contributed by atoms with Gasteiger partial charge in [-0.3, -0.25) is 4.79 Å². The molecule has 0 unspecified atom stereocenters. The minimum absolute atomic E-state index is 0.227. The van der Waals surface area contributed by atoms with E-state index in [9.17, 15) is 4.79 Å². The summed E-state index contributed by atoms with van der Waals surface area (Å²) in [6.07, 6.45) is 3.87. The third kappa shape index (κ3) is 3.55. The second kappa shape index (κ2) is 7.41. The van der Waals surface area contributed by atoms with Crippen LogP contribution >= 0.6 is 0 Å². The molecule has 1 fully saturated rings. The Kier molecular flexibility index (Phi) is 4.83. The van der Waals surface area contributed by atoms with Crippen molar-refractivity contribution < 1.29 is 14.1 Å². The highest BCUT2D eigenvalue weighted by atomic mass is 16.5. The molecule has 26 heavy (non-hydrogen) atoms. The number of amides is 1. The fourth-order valence-electron chi connectivity index (χ4n) is 3.45. The number of nitrogens with zero attached hydrogens (tertiary/aromatic N) is 4. The van der Waals surface area contributed by atoms with Crippen molar-refractivity contribution in [3.63, 3.8) is 0 Å². The van der Waals surface area contributed by atoms with Gasteiger partial charge in [-0.05, 0) is 26.2 Å². The maximum Gasteiger partial charge on any atom is 0.274 e. The fourth-order valence-corrected chi connectivity index (χ4v) is 3.45. The van der Waals surface area contributed by atoms with Crippen molar-refractivity contribution in [2.45, 2.75) is 39.2 Å². The molecule has 8 nitrogen and oxygen atoms in total. The maximum absolute atomic E-state index is 12.5. The number of hydrogen-bond donors (Lipinski definition) is 1. The highest BCUT2D eigenvalue weighted by Crippen LogP contribution is 2.24. The maximum atomic E-state index is 12.5. The van der Waals surface area contributed by atoms with Crippen molar-refractivity contribution in [1.82, 2.24) is 20.4 Å². The van der Waals surface area contributed by atoms with E-state index in [1.165, 1.54) is 0 Å². The van der Waals surface area contributed by atoms with Gasteiger partial charge < -0.3 is 19.5 Å². The zero-order valence-electron chi connectivity index (χ0n) is 15.0. The SMILES string of the molecule is Cc1cc(N2CCOCC2)nc(CNC(=O)c2noc3c2CCCC3)n1. The van der Waals surface area contributed by atoms with E-state index in [0.29, 0.717) is 24.7 Å². The Morgan fingerprint density at radius 2 is 2.04 bits per heavy atom. The van der Waals surface area contributed by atoms with Gasteiger partial charge in [0.15, 0.2) is 5.69 Å². The third-order valence-electron chi connectivity index (χ3n) is 4.79. The quantitative estimate of drug-likeness (QED) is 0.884. The minimum atomic E-state index is -0.227. The summed E-state index contributed by atoms with van der Waals surface area (Å²) in [6.45, 7) is 5.23. The number of nitrogens with one attached hydrogen (secondary N) is 1. The predicted octanol–water partition coefficient (Wildman–Crippen LogP) is 1.42. The molecular weight excluding hydrogens is 334 g/mol. The summed E-state index contributed by atoms with van der Waals surface area (Å²) in [7, 11) is 0. The first kappa shape index (κ1) is 17.0. The van der Waals surface area contributed by atoms with Gasteiger partial charge in [-0.1, -0.05) is 5.16 Å². The van der Waals surface area contributed by atoms with Crippen molar-refractivity contribution in [3.05, 3.63) is 34.6 Å². The van der Waals surface area contributed by atoms with Gasteiger partial charge in [-0.2, -0.15) is 0 Å². The number of fused-ring (bicyclic) bond motifs is 1. The van der Waals surface area contributed by atoms with Gasteiger partial charge in [0, 0.05) is 36.8 Å². The predicted molar refractivity (Wildman–Crippen MR) is 94.1 cm³/mol. The van der Waals surface area contributed by atoms with Crippen LogP contribution in [0.5, 0.6) is 0 Å². The zero-order valence-corrected chi connectivity index (χ0v) is 15.0. The molecule has 1 amide bonds. The Labute approximate surface area is 151 Å². The lowest BCUT2D eigenvalue weighted by atomic mass is 9.96. The van der Waals surface area contributed by atoms with Crippen LogP contribution in [0.1, 0.15) is 46.2 Å². The van der Waals surface area contributed by atoms with Gasteiger partial charge in [0.05, 0.1) is 19.8 Å². The molecule has 3 heterocycles. The normalized spacial score (nSPS) is 17.0. The van der Waals surface area contributed by atoms with E-state index < -0.39 is 0 Å². The first-order valence-electron chi connectivity index (χ1n) is 9.13. The average molecular weight is 357 g/mol. The van der Waals surface area contributed by atoms with E-state index in [-0.39, 0.29) is 12.5 Å². The van der Waals surface area contributed by atoms with Gasteiger partial charge in [0.25, 0.3) is 5.91 Å². The van der Waals surface area contributed by atoms with Gasteiger partial charge >= 0.3 is 0 Å². The topological polar surface area (TPSA) is 93.4 Å². The van der Waals surface area contributed by atoms with Crippen molar-refractivity contribution in [2.24, 2.45) is 0 Å². The first-order chi connectivity index (χ1) is 12.7. The zero-order chi connectivity index (χ0) is 17.9. The van der Waals surface area contributed by atoms with E-state index in [1.807, 2.05) is 13.0 Å². The number of carbonyl (C=O) groups is 1. The van der Waals surface area contributed by atoms with Crippen LogP contribution in [-0.4, -0.2) is 47.3 Å². The summed E-state index contributed by atoms with van der Waals surface area (Å²) in [4.78, 5) is 23.7. The molecule has 4 rings (SSSR count). The van der Waals surface area contributed by atoms with Crippen LogP contribution in [0.25, 0.3) is 0 Å². The fraction of sp³-hybridized carbons (Fsp3) is 0.556. The molecule has 2 aromatic heterocycles. The molecule has 1 N–H and O–H groups in total. The number of morpholine rings is 1. The molecule has 138 valence electrons. The number of aryl methyl sites for hydroxylation is 2. The van der Waals surface area contributed by atoms with E-state index in [2.05, 4.69) is 25.3 Å².